The van der Waals surface area contributed by atoms with E-state index < -0.39 is 22.9 Å². The zero-order valence-corrected chi connectivity index (χ0v) is 13.8. The smallest absolute Gasteiger partial charge is 0.340 e. The minimum atomic E-state index is -4.71. The van der Waals surface area contributed by atoms with Crippen LogP contribution in [0.25, 0.3) is 11.0 Å². The molecule has 0 radical (unpaired) electrons. The molecule has 134 valence electrons. The molecular weight excluding hydrogens is 337 g/mol. The van der Waals surface area contributed by atoms with E-state index in [2.05, 4.69) is 27.2 Å². The maximum Gasteiger partial charge on any atom is 0.437 e. The standard InChI is InChI=1S/C15H17F3N6O/c1-3-4-7-24-11-10(20-14(24)23-8-5-19-6-9-23)12(15(16,17)18)21-22(2)13(11)25/h19H,5-9H2,1-2H3. The number of hydrogen-bond donors (Lipinski definition) is 1. The Balaban J connectivity index is 2.33. The number of nitrogens with one attached hydrogen (secondary N) is 1. The van der Waals surface area contributed by atoms with E-state index >= 15 is 0 Å². The number of fused-ring (bicyclic) bond motifs is 1. The fraction of sp³-hybridized carbons (Fsp3) is 0.533. The third-order valence-electron chi connectivity index (χ3n) is 4.00. The van der Waals surface area contributed by atoms with Gasteiger partial charge in [-0.1, -0.05) is 5.92 Å². The summed E-state index contributed by atoms with van der Waals surface area (Å²) in [5.74, 6) is 5.83. The van der Waals surface area contributed by atoms with Crippen molar-refractivity contribution in [2.45, 2.75) is 19.6 Å². The normalized spacial score (nSPS) is 15.3. The summed E-state index contributed by atoms with van der Waals surface area (Å²) in [6.45, 7) is 4.25. The third-order valence-corrected chi connectivity index (χ3v) is 4.00. The highest BCUT2D eigenvalue weighted by Gasteiger charge is 2.38. The molecule has 10 heteroatoms. The van der Waals surface area contributed by atoms with Crippen molar-refractivity contribution in [3.63, 3.8) is 0 Å². The predicted molar refractivity (Wildman–Crippen MR) is 86.3 cm³/mol. The molecule has 0 saturated carbocycles. The molecule has 0 atom stereocenters. The number of hydrogen-bond acceptors (Lipinski definition) is 5. The number of piperazine rings is 1. The lowest BCUT2D eigenvalue weighted by atomic mass is 10.3. The van der Waals surface area contributed by atoms with Crippen LogP contribution in [0.15, 0.2) is 4.79 Å². The summed E-state index contributed by atoms with van der Waals surface area (Å²) in [5.41, 5.74) is -2.35. The number of rotatable bonds is 2. The Bertz CT molecular complexity index is 912. The Morgan fingerprint density at radius 3 is 2.56 bits per heavy atom. The van der Waals surface area contributed by atoms with Crippen LogP contribution >= 0.6 is 0 Å². The summed E-state index contributed by atoms with van der Waals surface area (Å²) in [7, 11) is 1.20. The number of imidazole rings is 1. The van der Waals surface area contributed by atoms with Crippen molar-refractivity contribution in [3.05, 3.63) is 16.0 Å². The van der Waals surface area contributed by atoms with Gasteiger partial charge in [0.15, 0.2) is 5.69 Å². The van der Waals surface area contributed by atoms with E-state index in [-0.39, 0.29) is 12.1 Å². The number of aromatic nitrogens is 4. The molecule has 2 aromatic rings. The van der Waals surface area contributed by atoms with Crippen molar-refractivity contribution in [3.8, 4) is 11.8 Å². The van der Waals surface area contributed by atoms with Gasteiger partial charge in [-0.05, 0) is 6.92 Å². The van der Waals surface area contributed by atoms with Gasteiger partial charge in [-0.15, -0.1) is 5.92 Å². The van der Waals surface area contributed by atoms with Crippen LogP contribution in [-0.2, 0) is 19.8 Å². The number of anilines is 1. The molecule has 3 heterocycles. The van der Waals surface area contributed by atoms with Gasteiger partial charge in [0, 0.05) is 33.2 Å². The van der Waals surface area contributed by atoms with Crippen LogP contribution in [0.2, 0.25) is 0 Å². The molecule has 1 aliphatic rings. The molecule has 2 aromatic heterocycles. The Morgan fingerprint density at radius 1 is 1.28 bits per heavy atom. The first-order valence-electron chi connectivity index (χ1n) is 7.74. The van der Waals surface area contributed by atoms with E-state index in [1.807, 2.05) is 4.90 Å². The van der Waals surface area contributed by atoms with Crippen LogP contribution in [0.3, 0.4) is 0 Å². The summed E-state index contributed by atoms with van der Waals surface area (Å²) in [6, 6.07) is 0. The predicted octanol–water partition coefficient (Wildman–Crippen LogP) is 0.582. The summed E-state index contributed by atoms with van der Waals surface area (Å²) in [5, 5.41) is 6.56. The summed E-state index contributed by atoms with van der Waals surface area (Å²) >= 11 is 0. The van der Waals surface area contributed by atoms with Gasteiger partial charge in [-0.3, -0.25) is 9.36 Å². The largest absolute Gasteiger partial charge is 0.437 e. The van der Waals surface area contributed by atoms with Gasteiger partial charge < -0.3 is 10.2 Å². The molecule has 0 spiro atoms. The van der Waals surface area contributed by atoms with E-state index in [1.54, 1.807) is 6.92 Å². The Morgan fingerprint density at radius 2 is 1.96 bits per heavy atom. The Kier molecular flexibility index (Phi) is 4.43. The maximum atomic E-state index is 13.4. The first-order valence-corrected chi connectivity index (χ1v) is 7.74. The highest BCUT2D eigenvalue weighted by Crippen LogP contribution is 2.33. The van der Waals surface area contributed by atoms with Gasteiger partial charge in [0.2, 0.25) is 5.95 Å². The number of aryl methyl sites for hydroxylation is 1. The fourth-order valence-corrected chi connectivity index (χ4v) is 2.82. The maximum absolute atomic E-state index is 13.4. The third kappa shape index (κ3) is 3.07. The molecule has 1 aliphatic heterocycles. The van der Waals surface area contributed by atoms with Crippen molar-refractivity contribution < 1.29 is 13.2 Å². The lowest BCUT2D eigenvalue weighted by Crippen LogP contribution is -2.44. The summed E-state index contributed by atoms with van der Waals surface area (Å²) in [6.07, 6.45) is -4.71. The van der Waals surface area contributed by atoms with Crippen molar-refractivity contribution in [2.75, 3.05) is 31.1 Å². The van der Waals surface area contributed by atoms with Crippen molar-refractivity contribution >= 4 is 17.0 Å². The summed E-state index contributed by atoms with van der Waals surface area (Å²) < 4.78 is 42.3. The SMILES string of the molecule is CC#CCn1c(N2CCNCC2)nc2c(C(F)(F)F)nn(C)c(=O)c21. The van der Waals surface area contributed by atoms with Crippen LogP contribution in [0.1, 0.15) is 12.6 Å². The van der Waals surface area contributed by atoms with E-state index in [9.17, 15) is 18.0 Å². The second-order valence-electron chi connectivity index (χ2n) is 5.63. The van der Waals surface area contributed by atoms with Crippen LogP contribution in [0.5, 0.6) is 0 Å². The van der Waals surface area contributed by atoms with Gasteiger partial charge in [-0.25, -0.2) is 9.67 Å². The second-order valence-corrected chi connectivity index (χ2v) is 5.63. The molecule has 0 aliphatic carbocycles. The van der Waals surface area contributed by atoms with Crippen LogP contribution < -0.4 is 15.8 Å². The van der Waals surface area contributed by atoms with Crippen LogP contribution in [0.4, 0.5) is 19.1 Å². The molecule has 7 nitrogen and oxygen atoms in total. The van der Waals surface area contributed by atoms with E-state index in [4.69, 9.17) is 0 Å². The fourth-order valence-electron chi connectivity index (χ4n) is 2.82. The first kappa shape index (κ1) is 17.3. The molecule has 25 heavy (non-hydrogen) atoms. The Labute approximate surface area is 141 Å². The Hall–Kier alpha value is -2.54. The molecule has 0 aromatic carbocycles. The number of halogens is 3. The van der Waals surface area contributed by atoms with Crippen molar-refractivity contribution in [1.82, 2.24) is 24.6 Å². The van der Waals surface area contributed by atoms with Crippen molar-refractivity contribution in [2.24, 2.45) is 7.05 Å². The molecule has 1 fully saturated rings. The van der Waals surface area contributed by atoms with Crippen LogP contribution in [0, 0.1) is 11.8 Å². The average molecular weight is 354 g/mol. The monoisotopic (exact) mass is 354 g/mol. The molecule has 1 saturated heterocycles. The quantitative estimate of drug-likeness (QED) is 0.800. The van der Waals surface area contributed by atoms with Gasteiger partial charge in [-0.2, -0.15) is 18.3 Å². The summed E-state index contributed by atoms with van der Waals surface area (Å²) in [4.78, 5) is 18.5. The highest BCUT2D eigenvalue weighted by atomic mass is 19.4. The van der Waals surface area contributed by atoms with Gasteiger partial charge >= 0.3 is 6.18 Å². The average Bonchev–Trinajstić information content (AvgIpc) is 2.95. The molecule has 0 unspecified atom stereocenters. The lowest BCUT2D eigenvalue weighted by molar-refractivity contribution is -0.140. The van der Waals surface area contributed by atoms with Crippen molar-refractivity contribution in [1.29, 1.82) is 0 Å². The molecule has 3 rings (SSSR count). The lowest BCUT2D eigenvalue weighted by Gasteiger charge is -2.28. The molecule has 0 bridgehead atoms. The topological polar surface area (TPSA) is 68.0 Å². The minimum Gasteiger partial charge on any atom is -0.340 e. The van der Waals surface area contributed by atoms with E-state index in [0.717, 1.165) is 0 Å². The highest BCUT2D eigenvalue weighted by molar-refractivity contribution is 5.80. The number of nitrogens with zero attached hydrogens (tertiary/aromatic N) is 5. The molecule has 1 N–H and O–H groups in total. The van der Waals surface area contributed by atoms with Gasteiger partial charge in [0.1, 0.15) is 11.0 Å². The zero-order chi connectivity index (χ0) is 18.2. The zero-order valence-electron chi connectivity index (χ0n) is 13.8. The van der Waals surface area contributed by atoms with E-state index in [1.165, 1.54) is 11.6 Å². The molecule has 0 amide bonds. The van der Waals surface area contributed by atoms with Gasteiger partial charge in [0.05, 0.1) is 6.54 Å². The minimum absolute atomic E-state index is 0.0861. The second kappa shape index (κ2) is 6.40. The first-order chi connectivity index (χ1) is 11.8. The number of alkyl halides is 3. The van der Waals surface area contributed by atoms with E-state index in [0.29, 0.717) is 36.8 Å². The van der Waals surface area contributed by atoms with Crippen LogP contribution in [-0.4, -0.2) is 45.5 Å². The molecular formula is C15H17F3N6O. The van der Waals surface area contributed by atoms with Gasteiger partial charge in [0.25, 0.3) is 5.56 Å².